The van der Waals surface area contributed by atoms with Crippen LogP contribution in [0.2, 0.25) is 0 Å². The van der Waals surface area contributed by atoms with E-state index in [9.17, 15) is 0 Å². The lowest BCUT2D eigenvalue weighted by Crippen LogP contribution is -2.44. The molecule has 0 bridgehead atoms. The molecule has 0 aromatic rings. The Morgan fingerprint density at radius 1 is 1.00 bits per heavy atom. The molecule has 0 aromatic carbocycles. The maximum absolute atomic E-state index is 5.69. The average Bonchev–Trinajstić information content (AvgIpc) is 2.24. The molecule has 0 aromatic heterocycles. The van der Waals surface area contributed by atoms with Crippen molar-refractivity contribution in [2.24, 2.45) is 11.1 Å². The molecule has 0 aliphatic rings. The topological polar surface area (TPSA) is 41.3 Å². The highest BCUT2D eigenvalue weighted by atomic mass is 15.1. The van der Waals surface area contributed by atoms with Gasteiger partial charge in [-0.2, -0.15) is 0 Å². The standard InChI is InChI=1S/C15H35N3/c1-7-15(5,6)17-10-13-18(12-9-16)11-8-14(2,3)4/h17H,7-13,16H2,1-6H3. The Bertz CT molecular complexity index is 206. The van der Waals surface area contributed by atoms with Gasteiger partial charge in [-0.25, -0.2) is 0 Å². The van der Waals surface area contributed by atoms with Crippen molar-refractivity contribution in [2.45, 2.75) is 59.9 Å². The molecular weight excluding hydrogens is 222 g/mol. The molecule has 0 aliphatic heterocycles. The molecule has 0 saturated carbocycles. The van der Waals surface area contributed by atoms with Crippen molar-refractivity contribution in [2.75, 3.05) is 32.7 Å². The van der Waals surface area contributed by atoms with E-state index in [1.54, 1.807) is 0 Å². The molecule has 3 nitrogen and oxygen atoms in total. The summed E-state index contributed by atoms with van der Waals surface area (Å²) >= 11 is 0. The highest BCUT2D eigenvalue weighted by Crippen LogP contribution is 2.18. The van der Waals surface area contributed by atoms with Gasteiger partial charge in [0.05, 0.1) is 0 Å². The molecule has 0 fully saturated rings. The molecule has 3 N–H and O–H groups in total. The minimum absolute atomic E-state index is 0.248. The Morgan fingerprint density at radius 3 is 2.06 bits per heavy atom. The summed E-state index contributed by atoms with van der Waals surface area (Å²) in [7, 11) is 0. The summed E-state index contributed by atoms with van der Waals surface area (Å²) in [4.78, 5) is 2.48. The maximum atomic E-state index is 5.69. The predicted octanol–water partition coefficient (Wildman–Crippen LogP) is 2.46. The van der Waals surface area contributed by atoms with Gasteiger partial charge in [0.25, 0.3) is 0 Å². The van der Waals surface area contributed by atoms with Crippen molar-refractivity contribution in [3.63, 3.8) is 0 Å². The molecule has 3 heteroatoms. The fourth-order valence-corrected chi connectivity index (χ4v) is 1.69. The van der Waals surface area contributed by atoms with Gasteiger partial charge in [0, 0.05) is 31.7 Å². The zero-order valence-electron chi connectivity index (χ0n) is 13.5. The molecule has 0 rings (SSSR count). The fourth-order valence-electron chi connectivity index (χ4n) is 1.69. The van der Waals surface area contributed by atoms with Crippen LogP contribution < -0.4 is 11.1 Å². The summed E-state index contributed by atoms with van der Waals surface area (Å²) < 4.78 is 0. The van der Waals surface area contributed by atoms with E-state index in [0.29, 0.717) is 5.41 Å². The SMILES string of the molecule is CCC(C)(C)NCCN(CCN)CCC(C)(C)C. The van der Waals surface area contributed by atoms with Gasteiger partial charge < -0.3 is 16.0 Å². The second kappa shape index (κ2) is 8.13. The number of hydrogen-bond acceptors (Lipinski definition) is 3. The van der Waals surface area contributed by atoms with E-state index in [2.05, 4.69) is 51.8 Å². The molecule has 0 unspecified atom stereocenters. The minimum atomic E-state index is 0.248. The molecule has 0 heterocycles. The number of nitrogens with one attached hydrogen (secondary N) is 1. The molecular formula is C15H35N3. The van der Waals surface area contributed by atoms with Crippen LogP contribution in [0.5, 0.6) is 0 Å². The van der Waals surface area contributed by atoms with Gasteiger partial charge in [-0.05, 0) is 38.6 Å². The summed E-state index contributed by atoms with van der Waals surface area (Å²) in [6.07, 6.45) is 2.38. The van der Waals surface area contributed by atoms with E-state index in [1.165, 1.54) is 6.42 Å². The van der Waals surface area contributed by atoms with Gasteiger partial charge >= 0.3 is 0 Å². The van der Waals surface area contributed by atoms with Crippen molar-refractivity contribution in [1.82, 2.24) is 10.2 Å². The van der Waals surface area contributed by atoms with Crippen molar-refractivity contribution in [1.29, 1.82) is 0 Å². The monoisotopic (exact) mass is 257 g/mol. The van der Waals surface area contributed by atoms with Crippen LogP contribution in [0.25, 0.3) is 0 Å². The average molecular weight is 257 g/mol. The zero-order valence-corrected chi connectivity index (χ0v) is 13.5. The molecule has 0 amide bonds. The maximum Gasteiger partial charge on any atom is 0.0123 e. The Labute approximate surface area is 114 Å². The van der Waals surface area contributed by atoms with Gasteiger partial charge in [0.2, 0.25) is 0 Å². The Hall–Kier alpha value is -0.120. The van der Waals surface area contributed by atoms with Crippen LogP contribution >= 0.6 is 0 Å². The van der Waals surface area contributed by atoms with Crippen LogP contribution in [0.15, 0.2) is 0 Å². The molecule has 18 heavy (non-hydrogen) atoms. The van der Waals surface area contributed by atoms with Gasteiger partial charge in [-0.1, -0.05) is 27.7 Å². The van der Waals surface area contributed by atoms with E-state index in [-0.39, 0.29) is 5.54 Å². The molecule has 0 atom stereocenters. The molecule has 0 radical (unpaired) electrons. The summed E-state index contributed by atoms with van der Waals surface area (Å²) in [6.45, 7) is 18.7. The summed E-state index contributed by atoms with van der Waals surface area (Å²) in [6, 6.07) is 0. The second-order valence-corrected chi connectivity index (χ2v) is 7.11. The largest absolute Gasteiger partial charge is 0.329 e. The van der Waals surface area contributed by atoms with Gasteiger partial charge in [-0.15, -0.1) is 0 Å². The van der Waals surface area contributed by atoms with Gasteiger partial charge in [-0.3, -0.25) is 0 Å². The van der Waals surface area contributed by atoms with E-state index >= 15 is 0 Å². The van der Waals surface area contributed by atoms with Gasteiger partial charge in [0.1, 0.15) is 0 Å². The van der Waals surface area contributed by atoms with Crippen LogP contribution in [0.4, 0.5) is 0 Å². The summed E-state index contributed by atoms with van der Waals surface area (Å²) in [5, 5.41) is 3.61. The Morgan fingerprint density at radius 2 is 1.61 bits per heavy atom. The normalized spacial score (nSPS) is 13.3. The van der Waals surface area contributed by atoms with Crippen LogP contribution in [-0.4, -0.2) is 43.2 Å². The lowest BCUT2D eigenvalue weighted by Gasteiger charge is -2.29. The number of rotatable bonds is 9. The Kier molecular flexibility index (Phi) is 8.08. The lowest BCUT2D eigenvalue weighted by atomic mass is 9.92. The third-order valence-electron chi connectivity index (χ3n) is 3.54. The predicted molar refractivity (Wildman–Crippen MR) is 81.9 cm³/mol. The highest BCUT2D eigenvalue weighted by Gasteiger charge is 2.15. The van der Waals surface area contributed by atoms with Crippen molar-refractivity contribution >= 4 is 0 Å². The summed E-state index contributed by atoms with van der Waals surface area (Å²) in [5.41, 5.74) is 6.34. The van der Waals surface area contributed by atoms with Crippen LogP contribution in [-0.2, 0) is 0 Å². The smallest absolute Gasteiger partial charge is 0.0123 e. The highest BCUT2D eigenvalue weighted by molar-refractivity contribution is 4.76. The summed E-state index contributed by atoms with van der Waals surface area (Å²) in [5.74, 6) is 0. The van der Waals surface area contributed by atoms with Crippen LogP contribution in [0, 0.1) is 5.41 Å². The molecule has 110 valence electrons. The van der Waals surface area contributed by atoms with E-state index < -0.39 is 0 Å². The first kappa shape index (κ1) is 17.9. The zero-order chi connectivity index (χ0) is 14.2. The minimum Gasteiger partial charge on any atom is -0.329 e. The van der Waals surface area contributed by atoms with E-state index in [0.717, 1.165) is 39.1 Å². The van der Waals surface area contributed by atoms with Gasteiger partial charge in [0.15, 0.2) is 0 Å². The third kappa shape index (κ3) is 9.86. The molecule has 0 spiro atoms. The van der Waals surface area contributed by atoms with E-state index in [4.69, 9.17) is 5.73 Å². The van der Waals surface area contributed by atoms with Crippen molar-refractivity contribution in [3.05, 3.63) is 0 Å². The number of hydrogen-bond donors (Lipinski definition) is 2. The number of nitrogens with two attached hydrogens (primary N) is 1. The molecule has 0 aliphatic carbocycles. The first-order chi connectivity index (χ1) is 8.20. The Balaban J connectivity index is 3.97. The molecule has 0 saturated heterocycles. The van der Waals surface area contributed by atoms with E-state index in [1.807, 2.05) is 0 Å². The van der Waals surface area contributed by atoms with Crippen LogP contribution in [0.1, 0.15) is 54.4 Å². The first-order valence-electron chi connectivity index (χ1n) is 7.37. The lowest BCUT2D eigenvalue weighted by molar-refractivity contribution is 0.223. The van der Waals surface area contributed by atoms with Crippen molar-refractivity contribution < 1.29 is 0 Å². The fraction of sp³-hybridized carbons (Fsp3) is 1.00. The van der Waals surface area contributed by atoms with Crippen LogP contribution in [0.3, 0.4) is 0 Å². The van der Waals surface area contributed by atoms with Crippen molar-refractivity contribution in [3.8, 4) is 0 Å². The quantitative estimate of drug-likeness (QED) is 0.667. The third-order valence-corrected chi connectivity index (χ3v) is 3.54. The first-order valence-corrected chi connectivity index (χ1v) is 7.37. The second-order valence-electron chi connectivity index (χ2n) is 7.11. The number of nitrogens with zero attached hydrogens (tertiary/aromatic N) is 1.